The minimum Gasteiger partial charge on any atom is -0.493 e. The number of hydrogen-bond acceptors (Lipinski definition) is 3. The van der Waals surface area contributed by atoms with Gasteiger partial charge in [0.05, 0.1) is 12.7 Å². The molecule has 1 aliphatic rings. The van der Waals surface area contributed by atoms with Gasteiger partial charge in [-0.15, -0.1) is 0 Å². The third kappa shape index (κ3) is 3.95. The first-order valence-corrected chi connectivity index (χ1v) is 7.34. The van der Waals surface area contributed by atoms with E-state index in [1.54, 1.807) is 0 Å². The van der Waals surface area contributed by atoms with Crippen LogP contribution in [0.25, 0.3) is 0 Å². The van der Waals surface area contributed by atoms with Crippen LogP contribution in [-0.2, 0) is 0 Å². The van der Waals surface area contributed by atoms with E-state index in [0.29, 0.717) is 13.2 Å². The standard InChI is InChI=1S/C16H25NO2/c1-3-19-16-8-7-13(2)11-14(16)15(18)12-17-9-5-4-6-10-17/h7-8,11,15,18H,3-6,9-10,12H2,1-2H3. The molecule has 1 aromatic rings. The second-order valence-electron chi connectivity index (χ2n) is 5.35. The summed E-state index contributed by atoms with van der Waals surface area (Å²) in [5.74, 6) is 0.817. The molecule has 1 saturated heterocycles. The molecule has 0 radical (unpaired) electrons. The highest BCUT2D eigenvalue weighted by atomic mass is 16.5. The van der Waals surface area contributed by atoms with Crippen LogP contribution in [-0.4, -0.2) is 36.2 Å². The number of piperidine rings is 1. The molecule has 3 nitrogen and oxygen atoms in total. The Morgan fingerprint density at radius 1 is 1.26 bits per heavy atom. The minimum absolute atomic E-state index is 0.459. The van der Waals surface area contributed by atoms with Gasteiger partial charge < -0.3 is 14.7 Å². The van der Waals surface area contributed by atoms with Crippen molar-refractivity contribution in [2.24, 2.45) is 0 Å². The van der Waals surface area contributed by atoms with Gasteiger partial charge in [0.25, 0.3) is 0 Å². The molecule has 0 saturated carbocycles. The molecule has 19 heavy (non-hydrogen) atoms. The van der Waals surface area contributed by atoms with E-state index in [1.807, 2.05) is 32.0 Å². The molecule has 0 aliphatic carbocycles. The van der Waals surface area contributed by atoms with Gasteiger partial charge in [0.1, 0.15) is 5.75 Å². The third-order valence-corrected chi connectivity index (χ3v) is 3.70. The molecule has 1 atom stereocenters. The van der Waals surface area contributed by atoms with Crippen molar-refractivity contribution in [3.63, 3.8) is 0 Å². The van der Waals surface area contributed by atoms with Crippen LogP contribution < -0.4 is 4.74 Å². The van der Waals surface area contributed by atoms with E-state index >= 15 is 0 Å². The molecule has 1 unspecified atom stereocenters. The first kappa shape index (κ1) is 14.4. The summed E-state index contributed by atoms with van der Waals surface area (Å²) < 4.78 is 5.62. The smallest absolute Gasteiger partial charge is 0.125 e. The van der Waals surface area contributed by atoms with Crippen molar-refractivity contribution in [1.29, 1.82) is 0 Å². The molecule has 1 heterocycles. The van der Waals surface area contributed by atoms with Gasteiger partial charge >= 0.3 is 0 Å². The fraction of sp³-hybridized carbons (Fsp3) is 0.625. The molecule has 1 aromatic carbocycles. The maximum absolute atomic E-state index is 10.5. The zero-order valence-electron chi connectivity index (χ0n) is 12.1. The molecular weight excluding hydrogens is 238 g/mol. The lowest BCUT2D eigenvalue weighted by atomic mass is 10.0. The summed E-state index contributed by atoms with van der Waals surface area (Å²) in [7, 11) is 0. The molecule has 3 heteroatoms. The van der Waals surface area contributed by atoms with Crippen molar-refractivity contribution >= 4 is 0 Å². The number of aryl methyl sites for hydroxylation is 1. The fourth-order valence-corrected chi connectivity index (χ4v) is 2.70. The number of nitrogens with zero attached hydrogens (tertiary/aromatic N) is 1. The normalized spacial score (nSPS) is 18.3. The Labute approximate surface area is 116 Å². The molecule has 1 N–H and O–H groups in total. The largest absolute Gasteiger partial charge is 0.493 e. The van der Waals surface area contributed by atoms with E-state index in [9.17, 15) is 5.11 Å². The van der Waals surface area contributed by atoms with Crippen molar-refractivity contribution in [2.75, 3.05) is 26.2 Å². The van der Waals surface area contributed by atoms with Crippen molar-refractivity contribution in [2.45, 2.75) is 39.2 Å². The Bertz CT molecular complexity index is 400. The van der Waals surface area contributed by atoms with Crippen LogP contribution in [0.5, 0.6) is 5.75 Å². The Kier molecular flexibility index (Phi) is 5.23. The zero-order chi connectivity index (χ0) is 13.7. The van der Waals surface area contributed by atoms with Crippen LogP contribution in [0.3, 0.4) is 0 Å². The molecule has 0 bridgehead atoms. The Hall–Kier alpha value is -1.06. The van der Waals surface area contributed by atoms with Gasteiger partial charge in [-0.25, -0.2) is 0 Å². The molecule has 0 amide bonds. The predicted molar refractivity (Wildman–Crippen MR) is 77.6 cm³/mol. The Morgan fingerprint density at radius 2 is 2.00 bits per heavy atom. The van der Waals surface area contributed by atoms with Crippen LogP contribution >= 0.6 is 0 Å². The van der Waals surface area contributed by atoms with E-state index in [-0.39, 0.29) is 0 Å². The minimum atomic E-state index is -0.459. The van der Waals surface area contributed by atoms with Crippen LogP contribution in [0.2, 0.25) is 0 Å². The number of β-amino-alcohol motifs (C(OH)–C–C–N with tert-alkyl or cyclic N) is 1. The van der Waals surface area contributed by atoms with Crippen molar-refractivity contribution in [1.82, 2.24) is 4.90 Å². The zero-order valence-corrected chi connectivity index (χ0v) is 12.1. The van der Waals surface area contributed by atoms with E-state index < -0.39 is 6.10 Å². The maximum Gasteiger partial charge on any atom is 0.125 e. The summed E-state index contributed by atoms with van der Waals surface area (Å²) in [6, 6.07) is 6.04. The summed E-state index contributed by atoms with van der Waals surface area (Å²) in [6.07, 6.45) is 3.36. The predicted octanol–water partition coefficient (Wildman–Crippen LogP) is 2.91. The highest BCUT2D eigenvalue weighted by molar-refractivity contribution is 5.38. The van der Waals surface area contributed by atoms with Crippen LogP contribution in [0.1, 0.15) is 43.4 Å². The monoisotopic (exact) mass is 263 g/mol. The van der Waals surface area contributed by atoms with Crippen LogP contribution in [0.15, 0.2) is 18.2 Å². The summed E-state index contributed by atoms with van der Waals surface area (Å²) in [5.41, 5.74) is 2.09. The molecule has 106 valence electrons. The lowest BCUT2D eigenvalue weighted by Gasteiger charge is -2.29. The second-order valence-corrected chi connectivity index (χ2v) is 5.35. The third-order valence-electron chi connectivity index (χ3n) is 3.70. The number of likely N-dealkylation sites (tertiary alicyclic amines) is 1. The van der Waals surface area contributed by atoms with E-state index in [0.717, 1.165) is 30.0 Å². The van der Waals surface area contributed by atoms with Gasteiger partial charge in [-0.05, 0) is 51.9 Å². The second kappa shape index (κ2) is 6.92. The lowest BCUT2D eigenvalue weighted by Crippen LogP contribution is -2.33. The first-order chi connectivity index (χ1) is 9.20. The van der Waals surface area contributed by atoms with Gasteiger partial charge in [0.15, 0.2) is 0 Å². The number of benzene rings is 1. The summed E-state index contributed by atoms with van der Waals surface area (Å²) in [6.45, 7) is 7.57. The Balaban J connectivity index is 2.07. The van der Waals surface area contributed by atoms with Crippen LogP contribution in [0, 0.1) is 6.92 Å². The van der Waals surface area contributed by atoms with Gasteiger partial charge in [-0.1, -0.05) is 18.1 Å². The number of hydrogen-bond donors (Lipinski definition) is 1. The van der Waals surface area contributed by atoms with Gasteiger partial charge in [-0.3, -0.25) is 0 Å². The average Bonchev–Trinajstić information content (AvgIpc) is 2.42. The van der Waals surface area contributed by atoms with Gasteiger partial charge in [-0.2, -0.15) is 0 Å². The molecule has 1 aliphatic heterocycles. The fourth-order valence-electron chi connectivity index (χ4n) is 2.70. The molecule has 1 fully saturated rings. The van der Waals surface area contributed by atoms with E-state index in [2.05, 4.69) is 4.90 Å². The van der Waals surface area contributed by atoms with Crippen molar-refractivity contribution in [3.8, 4) is 5.75 Å². The molecule has 2 rings (SSSR count). The SMILES string of the molecule is CCOc1ccc(C)cc1C(O)CN1CCCCC1. The summed E-state index contributed by atoms with van der Waals surface area (Å²) in [4.78, 5) is 2.35. The number of rotatable bonds is 5. The summed E-state index contributed by atoms with van der Waals surface area (Å²) in [5, 5.41) is 10.5. The van der Waals surface area contributed by atoms with Crippen molar-refractivity contribution in [3.05, 3.63) is 29.3 Å². The quantitative estimate of drug-likeness (QED) is 0.886. The highest BCUT2D eigenvalue weighted by Crippen LogP contribution is 2.27. The van der Waals surface area contributed by atoms with Gasteiger partial charge in [0.2, 0.25) is 0 Å². The molecular formula is C16H25NO2. The first-order valence-electron chi connectivity index (χ1n) is 7.34. The highest BCUT2D eigenvalue weighted by Gasteiger charge is 2.19. The molecule has 0 spiro atoms. The Morgan fingerprint density at radius 3 is 2.68 bits per heavy atom. The summed E-state index contributed by atoms with van der Waals surface area (Å²) >= 11 is 0. The number of aliphatic hydroxyl groups is 1. The topological polar surface area (TPSA) is 32.7 Å². The average molecular weight is 263 g/mol. The van der Waals surface area contributed by atoms with Crippen molar-refractivity contribution < 1.29 is 9.84 Å². The maximum atomic E-state index is 10.5. The van der Waals surface area contributed by atoms with Gasteiger partial charge in [0, 0.05) is 12.1 Å². The van der Waals surface area contributed by atoms with E-state index in [1.165, 1.54) is 19.3 Å². The molecule has 0 aromatic heterocycles. The van der Waals surface area contributed by atoms with E-state index in [4.69, 9.17) is 4.74 Å². The lowest BCUT2D eigenvalue weighted by molar-refractivity contribution is 0.0988. The number of ether oxygens (including phenoxy) is 1. The number of aliphatic hydroxyl groups excluding tert-OH is 1. The van der Waals surface area contributed by atoms with Crippen LogP contribution in [0.4, 0.5) is 0 Å².